The van der Waals surface area contributed by atoms with Crippen LogP contribution in [-0.4, -0.2) is 25.9 Å². The molecule has 1 N–H and O–H groups in total. The van der Waals surface area contributed by atoms with Gasteiger partial charge in [0.1, 0.15) is 5.69 Å². The average molecular weight is 274 g/mol. The van der Waals surface area contributed by atoms with E-state index < -0.39 is 0 Å². The first-order valence-corrected chi connectivity index (χ1v) is 6.88. The van der Waals surface area contributed by atoms with Gasteiger partial charge < -0.3 is 0 Å². The molecule has 98 valence electrons. The molecule has 5 nitrogen and oxygen atoms in total. The first kappa shape index (κ1) is 13.5. The largest absolute Gasteiger partial charge is 0.298 e. The molecule has 0 saturated carbocycles. The number of H-pyrrole nitrogens is 1. The van der Waals surface area contributed by atoms with E-state index in [9.17, 15) is 4.79 Å². The summed E-state index contributed by atoms with van der Waals surface area (Å²) >= 11 is 1.44. The number of nitrogens with one attached hydrogen (secondary N) is 1. The molecular weight excluding hydrogens is 260 g/mol. The molecule has 2 heterocycles. The summed E-state index contributed by atoms with van der Waals surface area (Å²) in [5, 5.41) is 8.51. The van der Waals surface area contributed by atoms with Crippen LogP contribution in [0.2, 0.25) is 0 Å². The number of rotatable bonds is 5. The Morgan fingerprint density at radius 1 is 1.37 bits per heavy atom. The maximum Gasteiger partial charge on any atom is 0.273 e. The molecule has 0 radical (unpaired) electrons. The molecule has 0 aliphatic rings. The number of allylic oxidation sites excluding steroid dienone is 1. The fourth-order valence-electron chi connectivity index (χ4n) is 1.42. The Hall–Kier alpha value is -1.95. The van der Waals surface area contributed by atoms with E-state index in [-0.39, 0.29) is 5.56 Å². The van der Waals surface area contributed by atoms with Gasteiger partial charge in [0.05, 0.1) is 0 Å². The zero-order chi connectivity index (χ0) is 13.5. The third-order valence-corrected chi connectivity index (χ3v) is 3.19. The van der Waals surface area contributed by atoms with Crippen molar-refractivity contribution in [1.29, 1.82) is 0 Å². The SMILES string of the molecule is C/C=C/CSc1nnc(Cc2ccccn2)c(=O)[nH]1. The fraction of sp³-hybridized carbons (Fsp3) is 0.231. The van der Waals surface area contributed by atoms with Crippen LogP contribution >= 0.6 is 11.8 Å². The summed E-state index contributed by atoms with van der Waals surface area (Å²) in [4.78, 5) is 18.8. The van der Waals surface area contributed by atoms with Crippen molar-refractivity contribution < 1.29 is 0 Å². The molecule has 0 fully saturated rings. The van der Waals surface area contributed by atoms with E-state index in [2.05, 4.69) is 20.2 Å². The molecule has 0 aliphatic carbocycles. The van der Waals surface area contributed by atoms with E-state index in [4.69, 9.17) is 0 Å². The Kier molecular flexibility index (Phi) is 4.85. The van der Waals surface area contributed by atoms with Crippen LogP contribution in [0.3, 0.4) is 0 Å². The molecule has 0 unspecified atom stereocenters. The minimum Gasteiger partial charge on any atom is -0.298 e. The highest BCUT2D eigenvalue weighted by atomic mass is 32.2. The van der Waals surface area contributed by atoms with Crippen LogP contribution in [0.25, 0.3) is 0 Å². The molecule has 19 heavy (non-hydrogen) atoms. The maximum absolute atomic E-state index is 11.9. The number of nitrogens with zero attached hydrogens (tertiary/aromatic N) is 3. The van der Waals surface area contributed by atoms with E-state index in [1.807, 2.05) is 37.3 Å². The van der Waals surface area contributed by atoms with Gasteiger partial charge in [-0.15, -0.1) is 10.2 Å². The number of hydrogen-bond acceptors (Lipinski definition) is 5. The van der Waals surface area contributed by atoms with Gasteiger partial charge in [-0.25, -0.2) is 0 Å². The molecular formula is C13H14N4OS. The molecule has 2 rings (SSSR count). The minimum atomic E-state index is -0.205. The minimum absolute atomic E-state index is 0.205. The van der Waals surface area contributed by atoms with Crippen LogP contribution in [0, 0.1) is 0 Å². The summed E-state index contributed by atoms with van der Waals surface area (Å²) in [5.41, 5.74) is 0.981. The van der Waals surface area contributed by atoms with Crippen LogP contribution in [0.1, 0.15) is 18.3 Å². The maximum atomic E-state index is 11.9. The second-order valence-corrected chi connectivity index (χ2v) is 4.79. The van der Waals surface area contributed by atoms with E-state index in [1.54, 1.807) is 6.20 Å². The van der Waals surface area contributed by atoms with Gasteiger partial charge in [0, 0.05) is 24.1 Å². The third-order valence-electron chi connectivity index (χ3n) is 2.37. The number of pyridine rings is 1. The summed E-state index contributed by atoms with van der Waals surface area (Å²) in [7, 11) is 0. The van der Waals surface area contributed by atoms with E-state index in [0.717, 1.165) is 11.4 Å². The van der Waals surface area contributed by atoms with Crippen LogP contribution in [0.5, 0.6) is 0 Å². The van der Waals surface area contributed by atoms with E-state index in [1.165, 1.54) is 11.8 Å². The Bertz CT molecular complexity index is 610. The van der Waals surface area contributed by atoms with Crippen molar-refractivity contribution >= 4 is 11.8 Å². The van der Waals surface area contributed by atoms with Crippen LogP contribution in [-0.2, 0) is 6.42 Å². The Morgan fingerprint density at radius 3 is 2.95 bits per heavy atom. The molecule has 0 aliphatic heterocycles. The highest BCUT2D eigenvalue weighted by Crippen LogP contribution is 2.09. The van der Waals surface area contributed by atoms with Crippen molar-refractivity contribution in [2.24, 2.45) is 0 Å². The lowest BCUT2D eigenvalue weighted by Gasteiger charge is -2.00. The molecule has 6 heteroatoms. The predicted octanol–water partition coefficient (Wildman–Crippen LogP) is 1.82. The molecule has 0 spiro atoms. The molecule has 0 amide bonds. The van der Waals surface area contributed by atoms with Crippen molar-refractivity contribution in [3.8, 4) is 0 Å². The second-order valence-electron chi connectivity index (χ2n) is 3.78. The van der Waals surface area contributed by atoms with Crippen LogP contribution in [0.15, 0.2) is 46.5 Å². The van der Waals surface area contributed by atoms with Gasteiger partial charge in [-0.05, 0) is 19.1 Å². The lowest BCUT2D eigenvalue weighted by molar-refractivity contribution is 0.768. The normalized spacial score (nSPS) is 11.0. The lowest BCUT2D eigenvalue weighted by Crippen LogP contribution is -2.18. The molecule has 2 aromatic heterocycles. The Morgan fingerprint density at radius 2 is 2.26 bits per heavy atom. The van der Waals surface area contributed by atoms with Gasteiger partial charge in [0.25, 0.3) is 5.56 Å². The summed E-state index contributed by atoms with van der Waals surface area (Å²) in [6, 6.07) is 5.57. The topological polar surface area (TPSA) is 71.5 Å². The quantitative estimate of drug-likeness (QED) is 0.665. The number of hydrogen-bond donors (Lipinski definition) is 1. The number of aromatic nitrogens is 4. The van der Waals surface area contributed by atoms with Crippen molar-refractivity contribution in [2.75, 3.05) is 5.75 Å². The number of aromatic amines is 1. The van der Waals surface area contributed by atoms with Gasteiger partial charge in [0.15, 0.2) is 5.16 Å². The fourth-order valence-corrected chi connectivity index (χ4v) is 2.13. The lowest BCUT2D eigenvalue weighted by atomic mass is 10.2. The first-order valence-electron chi connectivity index (χ1n) is 5.89. The van der Waals surface area contributed by atoms with Crippen LogP contribution < -0.4 is 5.56 Å². The standard InChI is InChI=1S/C13H14N4OS/c1-2-3-8-19-13-15-12(18)11(16-17-13)9-10-6-4-5-7-14-10/h2-7H,8-9H2,1H3,(H,15,17,18)/b3-2+. The third kappa shape index (κ3) is 4.03. The molecule has 0 bridgehead atoms. The first-order chi connectivity index (χ1) is 9.29. The zero-order valence-electron chi connectivity index (χ0n) is 10.5. The predicted molar refractivity (Wildman–Crippen MR) is 75.2 cm³/mol. The summed E-state index contributed by atoms with van der Waals surface area (Å²) in [6.07, 6.45) is 6.03. The van der Waals surface area contributed by atoms with Crippen molar-refractivity contribution in [2.45, 2.75) is 18.5 Å². The monoisotopic (exact) mass is 274 g/mol. The molecule has 0 atom stereocenters. The second kappa shape index (κ2) is 6.84. The number of thioether (sulfide) groups is 1. The van der Waals surface area contributed by atoms with Crippen molar-refractivity contribution in [3.05, 3.63) is 58.3 Å². The highest BCUT2D eigenvalue weighted by Gasteiger charge is 2.06. The van der Waals surface area contributed by atoms with Gasteiger partial charge in [-0.2, -0.15) is 0 Å². The van der Waals surface area contributed by atoms with Crippen molar-refractivity contribution in [3.63, 3.8) is 0 Å². The van der Waals surface area contributed by atoms with Gasteiger partial charge in [0.2, 0.25) is 0 Å². The summed E-state index contributed by atoms with van der Waals surface area (Å²) < 4.78 is 0. The highest BCUT2D eigenvalue weighted by molar-refractivity contribution is 7.99. The van der Waals surface area contributed by atoms with E-state index in [0.29, 0.717) is 17.3 Å². The summed E-state index contributed by atoms with van der Waals surface area (Å²) in [5.74, 6) is 0.765. The molecule has 2 aromatic rings. The van der Waals surface area contributed by atoms with Gasteiger partial charge in [-0.3, -0.25) is 14.8 Å². The van der Waals surface area contributed by atoms with E-state index >= 15 is 0 Å². The Balaban J connectivity index is 2.09. The molecule has 0 aromatic carbocycles. The van der Waals surface area contributed by atoms with Crippen LogP contribution in [0.4, 0.5) is 0 Å². The summed E-state index contributed by atoms with van der Waals surface area (Å²) in [6.45, 7) is 1.95. The van der Waals surface area contributed by atoms with Gasteiger partial charge >= 0.3 is 0 Å². The van der Waals surface area contributed by atoms with Gasteiger partial charge in [-0.1, -0.05) is 30.0 Å². The molecule has 0 saturated heterocycles. The van der Waals surface area contributed by atoms with Crippen molar-refractivity contribution in [1.82, 2.24) is 20.2 Å². The smallest absolute Gasteiger partial charge is 0.273 e. The average Bonchev–Trinajstić information content (AvgIpc) is 2.43. The zero-order valence-corrected chi connectivity index (χ0v) is 11.4. The Labute approximate surface area is 115 Å².